The van der Waals surface area contributed by atoms with Crippen molar-refractivity contribution in [1.29, 1.82) is 5.26 Å². The van der Waals surface area contributed by atoms with Gasteiger partial charge in [0.1, 0.15) is 0 Å². The fourth-order valence-corrected chi connectivity index (χ4v) is 3.85. The van der Waals surface area contributed by atoms with Gasteiger partial charge in [0.25, 0.3) is 0 Å². The van der Waals surface area contributed by atoms with E-state index in [1.807, 2.05) is 12.1 Å². The molecule has 1 atom stereocenters. The van der Waals surface area contributed by atoms with Crippen molar-refractivity contribution in [2.75, 3.05) is 11.9 Å². The lowest BCUT2D eigenvalue weighted by atomic mass is 10.0. The van der Waals surface area contributed by atoms with Gasteiger partial charge in [0, 0.05) is 18.8 Å². The summed E-state index contributed by atoms with van der Waals surface area (Å²) in [5.41, 5.74) is 1.94. The minimum absolute atomic E-state index is 0.547. The molecule has 0 aliphatic heterocycles. The molecule has 0 N–H and O–H groups in total. The maximum Gasteiger partial charge on any atom is 0.0991 e. The van der Waals surface area contributed by atoms with Gasteiger partial charge in [-0.25, -0.2) is 0 Å². The number of nitrogens with zero attached hydrogens (tertiary/aromatic N) is 2. The third-order valence-electron chi connectivity index (χ3n) is 6.04. The molecule has 2 heteroatoms. The van der Waals surface area contributed by atoms with Gasteiger partial charge in [-0.05, 0) is 37.6 Å². The monoisotopic (exact) mass is 384 g/mol. The molecule has 1 unspecified atom stereocenters. The number of anilines is 1. The van der Waals surface area contributed by atoms with Crippen molar-refractivity contribution in [2.45, 2.75) is 116 Å². The van der Waals surface area contributed by atoms with Crippen molar-refractivity contribution in [3.8, 4) is 6.07 Å². The Balaban J connectivity index is 1.94. The third kappa shape index (κ3) is 11.4. The fraction of sp³-hybridized carbons (Fsp3) is 0.731. The summed E-state index contributed by atoms with van der Waals surface area (Å²) >= 11 is 0. The van der Waals surface area contributed by atoms with Gasteiger partial charge in [0.2, 0.25) is 0 Å². The zero-order valence-electron chi connectivity index (χ0n) is 18.9. The molecule has 0 saturated heterocycles. The van der Waals surface area contributed by atoms with Crippen LogP contribution in [0.3, 0.4) is 0 Å². The summed E-state index contributed by atoms with van der Waals surface area (Å²) in [6.07, 6.45) is 21.1. The number of hydrogen-bond donors (Lipinski definition) is 0. The summed E-state index contributed by atoms with van der Waals surface area (Å²) in [4.78, 5) is 2.34. The average Bonchev–Trinajstić information content (AvgIpc) is 2.73. The highest BCUT2D eigenvalue weighted by atomic mass is 15.1. The predicted octanol–water partition coefficient (Wildman–Crippen LogP) is 8.25. The van der Waals surface area contributed by atoms with E-state index in [-0.39, 0.29) is 0 Å². The minimum Gasteiger partial charge on any atom is -0.372 e. The Kier molecular flexibility index (Phi) is 14.4. The normalized spacial score (nSPS) is 11.9. The van der Waals surface area contributed by atoms with Crippen molar-refractivity contribution < 1.29 is 0 Å². The van der Waals surface area contributed by atoms with E-state index < -0.39 is 0 Å². The number of rotatable bonds is 17. The molecule has 1 aromatic carbocycles. The molecule has 2 nitrogen and oxygen atoms in total. The Hall–Kier alpha value is -1.49. The molecule has 0 heterocycles. The van der Waals surface area contributed by atoms with E-state index in [0.29, 0.717) is 6.04 Å². The van der Waals surface area contributed by atoms with Crippen LogP contribution in [-0.4, -0.2) is 13.1 Å². The minimum atomic E-state index is 0.547. The van der Waals surface area contributed by atoms with Crippen LogP contribution in [0.25, 0.3) is 0 Å². The SMILES string of the molecule is CCCCCCCCCCCCCCCCC(C)N(C)c1ccc(C#N)cc1. The van der Waals surface area contributed by atoms with Gasteiger partial charge >= 0.3 is 0 Å². The van der Waals surface area contributed by atoms with Crippen molar-refractivity contribution in [3.05, 3.63) is 29.8 Å². The summed E-state index contributed by atoms with van der Waals surface area (Å²) in [5.74, 6) is 0. The molecule has 0 spiro atoms. The maximum absolute atomic E-state index is 8.91. The maximum atomic E-state index is 8.91. The first-order valence-corrected chi connectivity index (χ1v) is 11.9. The van der Waals surface area contributed by atoms with Crippen LogP contribution in [0.4, 0.5) is 5.69 Å². The zero-order chi connectivity index (χ0) is 20.5. The quantitative estimate of drug-likeness (QED) is 0.253. The number of unbranched alkanes of at least 4 members (excludes halogenated alkanes) is 13. The standard InChI is InChI=1S/C26H44N2/c1-4-5-6-7-8-9-10-11-12-13-14-15-16-17-18-24(2)28(3)26-21-19-25(23-27)20-22-26/h19-22,24H,4-18H2,1-3H3. The summed E-state index contributed by atoms with van der Waals surface area (Å²) in [7, 11) is 2.16. The molecule has 1 rings (SSSR count). The van der Waals surface area contributed by atoms with Crippen LogP contribution in [-0.2, 0) is 0 Å². The lowest BCUT2D eigenvalue weighted by molar-refractivity contribution is 0.518. The molecule has 1 aromatic rings. The van der Waals surface area contributed by atoms with Crippen LogP contribution in [0.2, 0.25) is 0 Å². The van der Waals surface area contributed by atoms with Crippen LogP contribution in [0, 0.1) is 11.3 Å². The van der Waals surface area contributed by atoms with Gasteiger partial charge in [0.15, 0.2) is 0 Å². The van der Waals surface area contributed by atoms with Gasteiger partial charge in [-0.15, -0.1) is 0 Å². The van der Waals surface area contributed by atoms with Gasteiger partial charge in [0.05, 0.1) is 11.6 Å². The molecule has 0 bridgehead atoms. The van der Waals surface area contributed by atoms with E-state index in [0.717, 1.165) is 5.56 Å². The zero-order valence-corrected chi connectivity index (χ0v) is 18.9. The average molecular weight is 385 g/mol. The Bertz CT molecular complexity index is 514. The second kappa shape index (κ2) is 16.5. The van der Waals surface area contributed by atoms with Crippen LogP contribution in [0.5, 0.6) is 0 Å². The highest BCUT2D eigenvalue weighted by Crippen LogP contribution is 2.19. The molecule has 0 aromatic heterocycles. The fourth-order valence-electron chi connectivity index (χ4n) is 3.85. The topological polar surface area (TPSA) is 27.0 Å². The summed E-state index contributed by atoms with van der Waals surface area (Å²) in [6, 6.07) is 10.7. The Morgan fingerprint density at radius 1 is 0.750 bits per heavy atom. The van der Waals surface area contributed by atoms with E-state index in [4.69, 9.17) is 5.26 Å². The number of benzene rings is 1. The molecular weight excluding hydrogens is 340 g/mol. The molecule has 0 fully saturated rings. The number of hydrogen-bond acceptors (Lipinski definition) is 2. The molecule has 158 valence electrons. The Morgan fingerprint density at radius 3 is 1.61 bits per heavy atom. The van der Waals surface area contributed by atoms with Gasteiger partial charge in [-0.2, -0.15) is 5.26 Å². The van der Waals surface area contributed by atoms with Crippen molar-refractivity contribution in [2.24, 2.45) is 0 Å². The first-order chi connectivity index (χ1) is 13.7. The molecule has 0 saturated carbocycles. The smallest absolute Gasteiger partial charge is 0.0991 e. The van der Waals surface area contributed by atoms with E-state index in [2.05, 4.69) is 44.0 Å². The molecule has 0 aliphatic rings. The van der Waals surface area contributed by atoms with Gasteiger partial charge in [-0.3, -0.25) is 0 Å². The Morgan fingerprint density at radius 2 is 1.18 bits per heavy atom. The second-order valence-corrected chi connectivity index (χ2v) is 8.50. The van der Waals surface area contributed by atoms with Crippen molar-refractivity contribution in [3.63, 3.8) is 0 Å². The largest absolute Gasteiger partial charge is 0.372 e. The van der Waals surface area contributed by atoms with E-state index >= 15 is 0 Å². The molecule has 0 aliphatic carbocycles. The second-order valence-electron chi connectivity index (χ2n) is 8.50. The molecular formula is C26H44N2. The van der Waals surface area contributed by atoms with E-state index in [1.165, 1.54) is 102 Å². The number of nitriles is 1. The van der Waals surface area contributed by atoms with E-state index in [1.54, 1.807) is 0 Å². The van der Waals surface area contributed by atoms with Crippen molar-refractivity contribution in [1.82, 2.24) is 0 Å². The molecule has 0 amide bonds. The summed E-state index contributed by atoms with van der Waals surface area (Å²) in [6.45, 7) is 4.59. The highest BCUT2D eigenvalue weighted by Gasteiger charge is 2.09. The lowest BCUT2D eigenvalue weighted by Gasteiger charge is -2.27. The molecule has 28 heavy (non-hydrogen) atoms. The third-order valence-corrected chi connectivity index (χ3v) is 6.04. The van der Waals surface area contributed by atoms with Crippen LogP contribution in [0.15, 0.2) is 24.3 Å². The molecule has 0 radical (unpaired) electrons. The summed E-state index contributed by atoms with van der Waals surface area (Å²) < 4.78 is 0. The first kappa shape index (κ1) is 24.5. The van der Waals surface area contributed by atoms with Gasteiger partial charge < -0.3 is 4.90 Å². The Labute approximate surface area is 175 Å². The van der Waals surface area contributed by atoms with Gasteiger partial charge in [-0.1, -0.05) is 96.8 Å². The van der Waals surface area contributed by atoms with Crippen molar-refractivity contribution >= 4 is 5.69 Å². The lowest BCUT2D eigenvalue weighted by Crippen LogP contribution is -2.28. The highest BCUT2D eigenvalue weighted by molar-refractivity contribution is 5.49. The van der Waals surface area contributed by atoms with Crippen LogP contribution < -0.4 is 4.90 Å². The van der Waals surface area contributed by atoms with Crippen LogP contribution in [0.1, 0.15) is 116 Å². The first-order valence-electron chi connectivity index (χ1n) is 11.9. The summed E-state index contributed by atoms with van der Waals surface area (Å²) in [5, 5.41) is 8.91. The van der Waals surface area contributed by atoms with Crippen LogP contribution >= 0.6 is 0 Å². The van der Waals surface area contributed by atoms with E-state index in [9.17, 15) is 0 Å². The predicted molar refractivity (Wildman–Crippen MR) is 124 cm³/mol.